The van der Waals surface area contributed by atoms with Crippen molar-refractivity contribution in [1.82, 2.24) is 4.98 Å². The topological polar surface area (TPSA) is 12.9 Å². The van der Waals surface area contributed by atoms with Crippen LogP contribution in [0.1, 0.15) is 12.5 Å². The molecule has 1 aromatic heterocycles. The first-order valence-electron chi connectivity index (χ1n) is 2.99. The van der Waals surface area contributed by atoms with E-state index < -0.39 is 5.92 Å². The first kappa shape index (κ1) is 8.40. The first-order chi connectivity index (χ1) is 5.00. The normalized spacial score (nSPS) is 11.6. The summed E-state index contributed by atoms with van der Waals surface area (Å²) in [5, 5.41) is 0.226. The second-order valence-corrected chi connectivity index (χ2v) is 2.72. The summed E-state index contributed by atoms with van der Waals surface area (Å²) in [4.78, 5) is 3.54. The Kier molecular flexibility index (Phi) is 2.09. The van der Waals surface area contributed by atoms with Crippen LogP contribution in [0.15, 0.2) is 18.5 Å². The van der Waals surface area contributed by atoms with Crippen molar-refractivity contribution >= 4 is 11.6 Å². The monoisotopic (exact) mass is 177 g/mol. The fraction of sp³-hybridized carbons (Fsp3) is 0.286. The highest BCUT2D eigenvalue weighted by Crippen LogP contribution is 2.27. The van der Waals surface area contributed by atoms with Crippen molar-refractivity contribution < 1.29 is 8.78 Å². The molecule has 0 aromatic carbocycles. The van der Waals surface area contributed by atoms with Crippen LogP contribution in [-0.4, -0.2) is 4.98 Å². The van der Waals surface area contributed by atoms with Gasteiger partial charge in [-0.3, -0.25) is 4.98 Å². The standard InChI is InChI=1S/C7H6ClF2N/c1-7(9,10)5-2-6(8)4-11-3-5/h2-4H,1H3. The average Bonchev–Trinajstić information content (AvgIpc) is 1.86. The van der Waals surface area contributed by atoms with Crippen molar-refractivity contribution in [3.63, 3.8) is 0 Å². The molecule has 1 heterocycles. The molecule has 0 atom stereocenters. The lowest BCUT2D eigenvalue weighted by atomic mass is 10.2. The van der Waals surface area contributed by atoms with Crippen LogP contribution in [0.4, 0.5) is 8.78 Å². The van der Waals surface area contributed by atoms with E-state index in [1.807, 2.05) is 0 Å². The van der Waals surface area contributed by atoms with E-state index in [1.165, 1.54) is 12.3 Å². The lowest BCUT2D eigenvalue weighted by molar-refractivity contribution is 0.0171. The van der Waals surface area contributed by atoms with Crippen LogP contribution in [0.25, 0.3) is 0 Å². The molecular formula is C7H6ClF2N. The van der Waals surface area contributed by atoms with E-state index >= 15 is 0 Å². The zero-order valence-electron chi connectivity index (χ0n) is 5.81. The van der Waals surface area contributed by atoms with Gasteiger partial charge in [0, 0.05) is 24.9 Å². The second-order valence-electron chi connectivity index (χ2n) is 2.28. The average molecular weight is 178 g/mol. The first-order valence-corrected chi connectivity index (χ1v) is 3.37. The highest BCUT2D eigenvalue weighted by Gasteiger charge is 2.24. The van der Waals surface area contributed by atoms with E-state index in [0.717, 1.165) is 13.1 Å². The molecule has 0 aliphatic heterocycles. The summed E-state index contributed by atoms with van der Waals surface area (Å²) in [5.41, 5.74) is -0.162. The summed E-state index contributed by atoms with van der Waals surface area (Å²) in [7, 11) is 0. The Balaban J connectivity index is 3.06. The highest BCUT2D eigenvalue weighted by atomic mass is 35.5. The third-order valence-electron chi connectivity index (χ3n) is 1.21. The Morgan fingerprint density at radius 3 is 2.45 bits per heavy atom. The van der Waals surface area contributed by atoms with E-state index in [-0.39, 0.29) is 10.6 Å². The molecule has 1 rings (SSSR count). The number of hydrogen-bond donors (Lipinski definition) is 0. The minimum atomic E-state index is -2.86. The maximum absolute atomic E-state index is 12.5. The van der Waals surface area contributed by atoms with E-state index in [1.54, 1.807) is 0 Å². The third-order valence-corrected chi connectivity index (χ3v) is 1.42. The third kappa shape index (κ3) is 2.12. The minimum absolute atomic E-state index is 0.162. The van der Waals surface area contributed by atoms with Crippen LogP contribution < -0.4 is 0 Å². The van der Waals surface area contributed by atoms with E-state index in [9.17, 15) is 8.78 Å². The van der Waals surface area contributed by atoms with Crippen molar-refractivity contribution in [3.8, 4) is 0 Å². The van der Waals surface area contributed by atoms with E-state index in [2.05, 4.69) is 4.98 Å². The van der Waals surface area contributed by atoms with Crippen molar-refractivity contribution in [3.05, 3.63) is 29.0 Å². The van der Waals surface area contributed by atoms with Crippen molar-refractivity contribution in [2.75, 3.05) is 0 Å². The van der Waals surface area contributed by atoms with Gasteiger partial charge in [0.1, 0.15) is 0 Å². The second kappa shape index (κ2) is 2.74. The summed E-state index contributed by atoms with van der Waals surface area (Å²) >= 11 is 5.46. The molecule has 4 heteroatoms. The van der Waals surface area contributed by atoms with Gasteiger partial charge in [-0.25, -0.2) is 8.78 Å². The van der Waals surface area contributed by atoms with E-state index in [4.69, 9.17) is 11.6 Å². The number of nitrogens with zero attached hydrogens (tertiary/aromatic N) is 1. The maximum atomic E-state index is 12.5. The summed E-state index contributed by atoms with van der Waals surface area (Å²) in [5.74, 6) is -2.86. The Morgan fingerprint density at radius 1 is 1.45 bits per heavy atom. The van der Waals surface area contributed by atoms with Gasteiger partial charge in [-0.05, 0) is 6.07 Å². The highest BCUT2D eigenvalue weighted by molar-refractivity contribution is 6.30. The molecule has 0 bridgehead atoms. The summed E-state index contributed by atoms with van der Waals surface area (Å²) < 4.78 is 25.1. The number of hydrogen-bond acceptors (Lipinski definition) is 1. The predicted molar refractivity (Wildman–Crippen MR) is 38.8 cm³/mol. The molecular weight excluding hydrogens is 172 g/mol. The van der Waals surface area contributed by atoms with Gasteiger partial charge in [-0.1, -0.05) is 11.6 Å². The van der Waals surface area contributed by atoms with Crippen LogP contribution in [-0.2, 0) is 5.92 Å². The Bertz CT molecular complexity index is 257. The molecule has 60 valence electrons. The number of rotatable bonds is 1. The van der Waals surface area contributed by atoms with Crippen LogP contribution in [0.3, 0.4) is 0 Å². The molecule has 11 heavy (non-hydrogen) atoms. The minimum Gasteiger partial charge on any atom is -0.263 e. The predicted octanol–water partition coefficient (Wildman–Crippen LogP) is 2.85. The molecule has 1 aromatic rings. The SMILES string of the molecule is CC(F)(F)c1cncc(Cl)c1. The summed E-state index contributed by atoms with van der Waals surface area (Å²) in [6, 6.07) is 1.20. The zero-order chi connectivity index (χ0) is 8.48. The Labute approximate surface area is 68.0 Å². The summed E-state index contributed by atoms with van der Waals surface area (Å²) in [6.45, 7) is 0.806. The Morgan fingerprint density at radius 2 is 2.09 bits per heavy atom. The molecule has 0 aliphatic carbocycles. The van der Waals surface area contributed by atoms with Crippen molar-refractivity contribution in [2.24, 2.45) is 0 Å². The molecule has 0 saturated carbocycles. The fourth-order valence-electron chi connectivity index (χ4n) is 0.652. The van der Waals surface area contributed by atoms with Gasteiger partial charge in [0.25, 0.3) is 5.92 Å². The molecule has 0 N–H and O–H groups in total. The number of alkyl halides is 2. The number of aromatic nitrogens is 1. The largest absolute Gasteiger partial charge is 0.272 e. The lowest BCUT2D eigenvalue weighted by Gasteiger charge is -2.08. The number of pyridine rings is 1. The van der Waals surface area contributed by atoms with Gasteiger partial charge in [0.2, 0.25) is 0 Å². The van der Waals surface area contributed by atoms with Crippen LogP contribution in [0.2, 0.25) is 5.02 Å². The van der Waals surface area contributed by atoms with E-state index in [0.29, 0.717) is 0 Å². The Hall–Kier alpha value is -0.700. The van der Waals surface area contributed by atoms with Gasteiger partial charge < -0.3 is 0 Å². The van der Waals surface area contributed by atoms with Gasteiger partial charge >= 0.3 is 0 Å². The zero-order valence-corrected chi connectivity index (χ0v) is 6.57. The van der Waals surface area contributed by atoms with Gasteiger partial charge in [-0.2, -0.15) is 0 Å². The lowest BCUT2D eigenvalue weighted by Crippen LogP contribution is -2.06. The van der Waals surface area contributed by atoms with Crippen molar-refractivity contribution in [2.45, 2.75) is 12.8 Å². The van der Waals surface area contributed by atoms with Crippen LogP contribution in [0.5, 0.6) is 0 Å². The quantitative estimate of drug-likeness (QED) is 0.643. The van der Waals surface area contributed by atoms with Crippen molar-refractivity contribution in [1.29, 1.82) is 0 Å². The molecule has 0 fully saturated rings. The maximum Gasteiger partial charge on any atom is 0.272 e. The molecule has 0 unspecified atom stereocenters. The van der Waals surface area contributed by atoms with Gasteiger partial charge in [-0.15, -0.1) is 0 Å². The molecule has 0 amide bonds. The molecule has 0 radical (unpaired) electrons. The fourth-order valence-corrected chi connectivity index (χ4v) is 0.826. The summed E-state index contributed by atoms with van der Waals surface area (Å²) in [6.07, 6.45) is 2.42. The smallest absolute Gasteiger partial charge is 0.263 e. The van der Waals surface area contributed by atoms with Crippen LogP contribution in [0, 0.1) is 0 Å². The number of halogens is 3. The van der Waals surface area contributed by atoms with Gasteiger partial charge in [0.05, 0.1) is 5.02 Å². The molecule has 0 spiro atoms. The van der Waals surface area contributed by atoms with Crippen LogP contribution >= 0.6 is 11.6 Å². The molecule has 0 aliphatic rings. The van der Waals surface area contributed by atoms with Gasteiger partial charge in [0.15, 0.2) is 0 Å². The molecule has 0 saturated heterocycles. The molecule has 1 nitrogen and oxygen atoms in total.